The van der Waals surface area contributed by atoms with Crippen LogP contribution in [0.5, 0.6) is 0 Å². The number of hydrogen-bond donors (Lipinski definition) is 1. The van der Waals surface area contributed by atoms with Crippen LogP contribution in [0.1, 0.15) is 23.6 Å². The number of fused-ring (bicyclic) bond motifs is 1. The molecule has 2 aromatic carbocycles. The van der Waals surface area contributed by atoms with E-state index in [1.165, 1.54) is 12.1 Å². The molecular formula is C15H11BrF3N. The van der Waals surface area contributed by atoms with E-state index in [4.69, 9.17) is 0 Å². The van der Waals surface area contributed by atoms with E-state index in [0.29, 0.717) is 0 Å². The Hall–Kier alpha value is -1.49. The Morgan fingerprint density at radius 2 is 1.85 bits per heavy atom. The smallest absolute Gasteiger partial charge is 0.147 e. The van der Waals surface area contributed by atoms with E-state index in [0.717, 1.165) is 36.1 Å². The fourth-order valence-corrected chi connectivity index (χ4v) is 2.87. The maximum absolute atomic E-state index is 13.8. The van der Waals surface area contributed by atoms with E-state index in [9.17, 15) is 13.2 Å². The molecule has 0 amide bonds. The van der Waals surface area contributed by atoms with E-state index < -0.39 is 11.6 Å². The summed E-state index contributed by atoms with van der Waals surface area (Å²) in [7, 11) is 0. The van der Waals surface area contributed by atoms with Crippen molar-refractivity contribution in [1.82, 2.24) is 0 Å². The van der Waals surface area contributed by atoms with E-state index >= 15 is 0 Å². The van der Waals surface area contributed by atoms with Gasteiger partial charge in [-0.2, -0.15) is 0 Å². The Bertz CT molecular complexity index is 672. The van der Waals surface area contributed by atoms with Gasteiger partial charge in [0.25, 0.3) is 0 Å². The molecule has 0 saturated carbocycles. The van der Waals surface area contributed by atoms with Crippen LogP contribution < -0.4 is 5.32 Å². The van der Waals surface area contributed by atoms with Crippen LogP contribution in [0, 0.1) is 17.5 Å². The van der Waals surface area contributed by atoms with Gasteiger partial charge in [0.1, 0.15) is 17.5 Å². The lowest BCUT2D eigenvalue weighted by molar-refractivity contribution is 0.593. The average Bonchev–Trinajstić information content (AvgIpc) is 2.78. The van der Waals surface area contributed by atoms with Crippen molar-refractivity contribution in [2.24, 2.45) is 0 Å². The second-order valence-corrected chi connectivity index (χ2v) is 5.68. The number of benzene rings is 2. The van der Waals surface area contributed by atoms with Crippen molar-refractivity contribution in [2.75, 3.05) is 5.32 Å². The SMILES string of the molecule is Fc1ccc2c(c1)CCC2Nc1cc(F)c(Br)cc1F. The number of hydrogen-bond acceptors (Lipinski definition) is 1. The van der Waals surface area contributed by atoms with E-state index in [2.05, 4.69) is 21.2 Å². The average molecular weight is 342 g/mol. The minimum Gasteiger partial charge on any atom is -0.376 e. The Labute approximate surface area is 122 Å². The summed E-state index contributed by atoms with van der Waals surface area (Å²) >= 11 is 2.94. The molecule has 0 radical (unpaired) electrons. The van der Waals surface area contributed by atoms with Gasteiger partial charge in [-0.25, -0.2) is 13.2 Å². The Kier molecular flexibility index (Phi) is 3.46. The fraction of sp³-hybridized carbons (Fsp3) is 0.200. The molecule has 5 heteroatoms. The molecule has 0 bridgehead atoms. The standard InChI is InChI=1S/C15H11BrF3N/c16-11-6-13(19)15(7-12(11)18)20-14-4-1-8-5-9(17)2-3-10(8)14/h2-3,5-7,14,20H,1,4H2. The lowest BCUT2D eigenvalue weighted by Gasteiger charge is -2.16. The Morgan fingerprint density at radius 1 is 1.05 bits per heavy atom. The molecule has 1 N–H and O–H groups in total. The lowest BCUT2D eigenvalue weighted by Crippen LogP contribution is -2.09. The number of aryl methyl sites for hydroxylation is 1. The molecule has 20 heavy (non-hydrogen) atoms. The van der Waals surface area contributed by atoms with Gasteiger partial charge in [0.15, 0.2) is 0 Å². The highest BCUT2D eigenvalue weighted by Crippen LogP contribution is 2.35. The molecule has 0 saturated heterocycles. The van der Waals surface area contributed by atoms with Crippen LogP contribution in [0.25, 0.3) is 0 Å². The summed E-state index contributed by atoms with van der Waals surface area (Å²) in [5.41, 5.74) is 1.97. The van der Waals surface area contributed by atoms with Crippen molar-refractivity contribution in [3.63, 3.8) is 0 Å². The van der Waals surface area contributed by atoms with Gasteiger partial charge in [0.05, 0.1) is 16.2 Å². The van der Waals surface area contributed by atoms with Gasteiger partial charge in [-0.1, -0.05) is 6.07 Å². The first kappa shape index (κ1) is 13.5. The number of rotatable bonds is 2. The largest absolute Gasteiger partial charge is 0.376 e. The van der Waals surface area contributed by atoms with Crippen LogP contribution in [0.2, 0.25) is 0 Å². The zero-order valence-electron chi connectivity index (χ0n) is 10.4. The molecule has 1 aliphatic rings. The van der Waals surface area contributed by atoms with Crippen molar-refractivity contribution < 1.29 is 13.2 Å². The van der Waals surface area contributed by atoms with Crippen molar-refractivity contribution in [2.45, 2.75) is 18.9 Å². The molecule has 104 valence electrons. The molecule has 1 nitrogen and oxygen atoms in total. The van der Waals surface area contributed by atoms with Crippen LogP contribution in [-0.4, -0.2) is 0 Å². The van der Waals surface area contributed by atoms with Gasteiger partial charge >= 0.3 is 0 Å². The third-order valence-corrected chi connectivity index (χ3v) is 4.13. The number of nitrogens with one attached hydrogen (secondary N) is 1. The van der Waals surface area contributed by atoms with Crippen molar-refractivity contribution >= 4 is 21.6 Å². The normalized spacial score (nSPS) is 17.1. The van der Waals surface area contributed by atoms with Crippen LogP contribution in [0.4, 0.5) is 18.9 Å². The Balaban J connectivity index is 1.89. The monoisotopic (exact) mass is 341 g/mol. The molecule has 0 aliphatic heterocycles. The third-order valence-electron chi connectivity index (χ3n) is 3.52. The van der Waals surface area contributed by atoms with Gasteiger partial charge in [-0.3, -0.25) is 0 Å². The van der Waals surface area contributed by atoms with Crippen LogP contribution in [0.3, 0.4) is 0 Å². The van der Waals surface area contributed by atoms with Gasteiger partial charge in [0.2, 0.25) is 0 Å². The van der Waals surface area contributed by atoms with E-state index in [-0.39, 0.29) is 22.0 Å². The van der Waals surface area contributed by atoms with Crippen molar-refractivity contribution in [1.29, 1.82) is 0 Å². The molecule has 3 rings (SSSR count). The highest BCUT2D eigenvalue weighted by Gasteiger charge is 2.23. The summed E-state index contributed by atoms with van der Waals surface area (Å²) in [4.78, 5) is 0. The summed E-state index contributed by atoms with van der Waals surface area (Å²) in [6.07, 6.45) is 1.46. The number of anilines is 1. The summed E-state index contributed by atoms with van der Waals surface area (Å²) in [6.45, 7) is 0. The quantitative estimate of drug-likeness (QED) is 0.760. The highest BCUT2D eigenvalue weighted by atomic mass is 79.9. The fourth-order valence-electron chi connectivity index (χ4n) is 2.56. The molecular weight excluding hydrogens is 331 g/mol. The summed E-state index contributed by atoms with van der Waals surface area (Å²) in [5, 5.41) is 2.99. The zero-order valence-corrected chi connectivity index (χ0v) is 12.0. The summed E-state index contributed by atoms with van der Waals surface area (Å²) in [6, 6.07) is 6.68. The predicted molar refractivity (Wildman–Crippen MR) is 75.1 cm³/mol. The summed E-state index contributed by atoms with van der Waals surface area (Å²) < 4.78 is 40.5. The molecule has 0 aromatic heterocycles. The first-order chi connectivity index (χ1) is 9.54. The van der Waals surface area contributed by atoms with Crippen LogP contribution in [-0.2, 0) is 6.42 Å². The summed E-state index contributed by atoms with van der Waals surface area (Å²) in [5.74, 6) is -1.31. The molecule has 0 spiro atoms. The Morgan fingerprint density at radius 3 is 2.65 bits per heavy atom. The molecule has 1 unspecified atom stereocenters. The molecule has 0 heterocycles. The zero-order chi connectivity index (χ0) is 14.3. The van der Waals surface area contributed by atoms with Crippen LogP contribution in [0.15, 0.2) is 34.8 Å². The highest BCUT2D eigenvalue weighted by molar-refractivity contribution is 9.10. The second-order valence-electron chi connectivity index (χ2n) is 4.82. The molecule has 2 aromatic rings. The van der Waals surface area contributed by atoms with Gasteiger partial charge in [-0.05, 0) is 58.1 Å². The van der Waals surface area contributed by atoms with Gasteiger partial charge in [-0.15, -0.1) is 0 Å². The maximum atomic E-state index is 13.8. The number of halogens is 4. The second kappa shape index (κ2) is 5.13. The van der Waals surface area contributed by atoms with E-state index in [1.54, 1.807) is 6.07 Å². The molecule has 1 aliphatic carbocycles. The minimum atomic E-state index is -0.522. The maximum Gasteiger partial charge on any atom is 0.147 e. The van der Waals surface area contributed by atoms with Crippen molar-refractivity contribution in [3.8, 4) is 0 Å². The van der Waals surface area contributed by atoms with Crippen LogP contribution >= 0.6 is 15.9 Å². The lowest BCUT2D eigenvalue weighted by atomic mass is 10.1. The minimum absolute atomic E-state index is 0.0921. The molecule has 1 atom stereocenters. The van der Waals surface area contributed by atoms with Gasteiger partial charge < -0.3 is 5.32 Å². The third kappa shape index (κ3) is 2.42. The van der Waals surface area contributed by atoms with Gasteiger partial charge in [0, 0.05) is 6.07 Å². The predicted octanol–water partition coefficient (Wildman–Crippen LogP) is 4.97. The first-order valence-corrected chi connectivity index (χ1v) is 7.03. The molecule has 0 fully saturated rings. The van der Waals surface area contributed by atoms with Crippen molar-refractivity contribution in [3.05, 3.63) is 63.4 Å². The first-order valence-electron chi connectivity index (χ1n) is 6.24. The van der Waals surface area contributed by atoms with E-state index in [1.807, 2.05) is 0 Å². The topological polar surface area (TPSA) is 12.0 Å².